The summed E-state index contributed by atoms with van der Waals surface area (Å²) >= 11 is 1.31. The van der Waals surface area contributed by atoms with E-state index in [1.807, 2.05) is 13.8 Å². The molecule has 0 saturated heterocycles. The predicted molar refractivity (Wildman–Crippen MR) is 74.4 cm³/mol. The molecule has 104 valence electrons. The van der Waals surface area contributed by atoms with Crippen molar-refractivity contribution in [2.24, 2.45) is 0 Å². The lowest BCUT2D eigenvalue weighted by Crippen LogP contribution is -2.37. The lowest BCUT2D eigenvalue weighted by atomic mass is 10.2. The molecule has 0 aromatic carbocycles. The Bertz CT molecular complexity index is 448. The number of hydrogen-bond donors (Lipinski definition) is 2. The van der Waals surface area contributed by atoms with Crippen LogP contribution in [0.5, 0.6) is 0 Å². The van der Waals surface area contributed by atoms with Gasteiger partial charge in [-0.25, -0.2) is 9.78 Å². The molecule has 0 spiro atoms. The molecule has 1 heterocycles. The van der Waals surface area contributed by atoms with E-state index >= 15 is 0 Å². The van der Waals surface area contributed by atoms with Gasteiger partial charge in [0.25, 0.3) is 0 Å². The number of carbonyl (C=O) groups is 2. The monoisotopic (exact) mass is 282 g/mol. The third-order valence-electron chi connectivity index (χ3n) is 2.65. The number of amides is 1. The van der Waals surface area contributed by atoms with Crippen molar-refractivity contribution in [1.82, 2.24) is 10.3 Å². The van der Waals surface area contributed by atoms with Crippen molar-refractivity contribution < 1.29 is 14.7 Å². The number of carboxylic acids is 1. The second-order valence-electron chi connectivity index (χ2n) is 4.27. The van der Waals surface area contributed by atoms with Crippen LogP contribution in [0, 0.1) is 0 Å². The fourth-order valence-corrected chi connectivity index (χ4v) is 2.07. The first-order valence-electron chi connectivity index (χ1n) is 6.10. The van der Waals surface area contributed by atoms with Crippen LogP contribution in [0.1, 0.15) is 37.6 Å². The lowest BCUT2D eigenvalue weighted by molar-refractivity contribution is -0.120. The number of carboxylic acid groups (broad SMARTS) is 1. The number of thioether (sulfide) groups is 1. The predicted octanol–water partition coefficient (Wildman–Crippen LogP) is 2.18. The van der Waals surface area contributed by atoms with Gasteiger partial charge in [-0.3, -0.25) is 4.79 Å². The summed E-state index contributed by atoms with van der Waals surface area (Å²) < 4.78 is 0. The first kappa shape index (κ1) is 15.5. The molecular formula is C13H18N2O3S. The van der Waals surface area contributed by atoms with E-state index in [4.69, 9.17) is 5.11 Å². The summed E-state index contributed by atoms with van der Waals surface area (Å²) in [4.78, 5) is 26.5. The minimum absolute atomic E-state index is 0.0385. The molecule has 1 aromatic heterocycles. The van der Waals surface area contributed by atoms with Gasteiger partial charge in [0.2, 0.25) is 5.91 Å². The number of pyridine rings is 1. The standard InChI is InChI=1S/C13H18N2O3S/c1-4-8(2)15-12(16)9(3)19-11-6-5-10(7-14-11)13(17)18/h5-9H,4H2,1-3H3,(H,15,16)(H,17,18). The highest BCUT2D eigenvalue weighted by Crippen LogP contribution is 2.21. The second-order valence-corrected chi connectivity index (χ2v) is 5.63. The van der Waals surface area contributed by atoms with Gasteiger partial charge < -0.3 is 10.4 Å². The van der Waals surface area contributed by atoms with E-state index in [1.54, 1.807) is 13.0 Å². The highest BCUT2D eigenvalue weighted by molar-refractivity contribution is 8.00. The van der Waals surface area contributed by atoms with Gasteiger partial charge >= 0.3 is 5.97 Å². The van der Waals surface area contributed by atoms with Crippen molar-refractivity contribution in [2.45, 2.75) is 43.5 Å². The number of nitrogens with one attached hydrogen (secondary N) is 1. The lowest BCUT2D eigenvalue weighted by Gasteiger charge is -2.15. The Morgan fingerprint density at radius 1 is 1.42 bits per heavy atom. The van der Waals surface area contributed by atoms with Gasteiger partial charge in [-0.15, -0.1) is 0 Å². The Kier molecular flexibility index (Phi) is 5.82. The van der Waals surface area contributed by atoms with Crippen LogP contribution in [-0.4, -0.2) is 33.3 Å². The van der Waals surface area contributed by atoms with Gasteiger partial charge in [0, 0.05) is 12.2 Å². The minimum atomic E-state index is -1.01. The average molecular weight is 282 g/mol. The van der Waals surface area contributed by atoms with Crippen LogP contribution >= 0.6 is 11.8 Å². The number of nitrogens with zero attached hydrogens (tertiary/aromatic N) is 1. The molecule has 1 aromatic rings. The largest absolute Gasteiger partial charge is 0.478 e. The Morgan fingerprint density at radius 3 is 2.58 bits per heavy atom. The third-order valence-corrected chi connectivity index (χ3v) is 3.70. The van der Waals surface area contributed by atoms with Crippen LogP contribution in [0.25, 0.3) is 0 Å². The van der Waals surface area contributed by atoms with E-state index in [0.717, 1.165) is 6.42 Å². The zero-order chi connectivity index (χ0) is 14.4. The van der Waals surface area contributed by atoms with E-state index < -0.39 is 5.97 Å². The molecule has 6 heteroatoms. The smallest absolute Gasteiger partial charge is 0.337 e. The summed E-state index contributed by atoms with van der Waals surface area (Å²) in [5.41, 5.74) is 0.140. The molecule has 0 aliphatic heterocycles. The number of rotatable bonds is 6. The molecule has 1 rings (SSSR count). The maximum absolute atomic E-state index is 11.8. The maximum atomic E-state index is 11.8. The summed E-state index contributed by atoms with van der Waals surface area (Å²) in [5, 5.41) is 12.0. The van der Waals surface area contributed by atoms with Crippen molar-refractivity contribution in [3.8, 4) is 0 Å². The van der Waals surface area contributed by atoms with Gasteiger partial charge in [0.05, 0.1) is 15.8 Å². The molecule has 0 aliphatic rings. The quantitative estimate of drug-likeness (QED) is 0.782. The molecular weight excluding hydrogens is 264 g/mol. The Hall–Kier alpha value is -1.56. The molecule has 19 heavy (non-hydrogen) atoms. The first-order chi connectivity index (χ1) is 8.93. The second kappa shape index (κ2) is 7.13. The zero-order valence-corrected chi connectivity index (χ0v) is 12.0. The summed E-state index contributed by atoms with van der Waals surface area (Å²) in [7, 11) is 0. The van der Waals surface area contributed by atoms with E-state index in [9.17, 15) is 9.59 Å². The third kappa shape index (κ3) is 4.90. The molecule has 2 unspecified atom stereocenters. The van der Waals surface area contributed by atoms with Gasteiger partial charge in [-0.1, -0.05) is 18.7 Å². The fraction of sp³-hybridized carbons (Fsp3) is 0.462. The van der Waals surface area contributed by atoms with Crippen molar-refractivity contribution >= 4 is 23.6 Å². The van der Waals surface area contributed by atoms with Gasteiger partial charge in [-0.2, -0.15) is 0 Å². The average Bonchev–Trinajstić information content (AvgIpc) is 2.38. The summed E-state index contributed by atoms with van der Waals surface area (Å²) in [6.07, 6.45) is 2.18. The van der Waals surface area contributed by atoms with E-state index in [0.29, 0.717) is 5.03 Å². The maximum Gasteiger partial charge on any atom is 0.337 e. The normalized spacial score (nSPS) is 13.6. The van der Waals surface area contributed by atoms with Crippen LogP contribution < -0.4 is 5.32 Å². The fourth-order valence-electron chi connectivity index (χ4n) is 1.27. The molecule has 0 saturated carbocycles. The van der Waals surface area contributed by atoms with Crippen LogP contribution in [-0.2, 0) is 4.79 Å². The SMILES string of the molecule is CCC(C)NC(=O)C(C)Sc1ccc(C(=O)O)cn1. The molecule has 0 bridgehead atoms. The highest BCUT2D eigenvalue weighted by Gasteiger charge is 2.16. The molecule has 1 amide bonds. The minimum Gasteiger partial charge on any atom is -0.478 e. The van der Waals surface area contributed by atoms with Crippen LogP contribution in [0.15, 0.2) is 23.4 Å². The summed E-state index contributed by atoms with van der Waals surface area (Å²) in [5.74, 6) is -1.05. The van der Waals surface area contributed by atoms with Crippen molar-refractivity contribution in [1.29, 1.82) is 0 Å². The molecule has 0 aliphatic carbocycles. The van der Waals surface area contributed by atoms with Gasteiger partial charge in [0.15, 0.2) is 0 Å². The molecule has 0 fully saturated rings. The van der Waals surface area contributed by atoms with Crippen molar-refractivity contribution in [3.63, 3.8) is 0 Å². The number of carbonyl (C=O) groups excluding carboxylic acids is 1. The zero-order valence-electron chi connectivity index (χ0n) is 11.2. The summed E-state index contributed by atoms with van der Waals surface area (Å²) in [6.45, 7) is 5.76. The Morgan fingerprint density at radius 2 is 2.11 bits per heavy atom. The molecule has 0 radical (unpaired) electrons. The number of aromatic carboxylic acids is 1. The van der Waals surface area contributed by atoms with E-state index in [2.05, 4.69) is 10.3 Å². The van der Waals surface area contributed by atoms with E-state index in [-0.39, 0.29) is 22.8 Å². The van der Waals surface area contributed by atoms with Gasteiger partial charge in [0.1, 0.15) is 0 Å². The van der Waals surface area contributed by atoms with E-state index in [1.165, 1.54) is 24.0 Å². The van der Waals surface area contributed by atoms with Crippen LogP contribution in [0.4, 0.5) is 0 Å². The van der Waals surface area contributed by atoms with Crippen molar-refractivity contribution in [2.75, 3.05) is 0 Å². The van der Waals surface area contributed by atoms with Crippen molar-refractivity contribution in [3.05, 3.63) is 23.9 Å². The highest BCUT2D eigenvalue weighted by atomic mass is 32.2. The number of hydrogen-bond acceptors (Lipinski definition) is 4. The summed E-state index contributed by atoms with van der Waals surface area (Å²) in [6, 6.07) is 3.25. The first-order valence-corrected chi connectivity index (χ1v) is 6.98. The van der Waals surface area contributed by atoms with Gasteiger partial charge in [-0.05, 0) is 32.4 Å². The van der Waals surface area contributed by atoms with Crippen LogP contribution in [0.2, 0.25) is 0 Å². The van der Waals surface area contributed by atoms with Crippen LogP contribution in [0.3, 0.4) is 0 Å². The molecule has 2 atom stereocenters. The number of aromatic nitrogens is 1. The molecule has 2 N–H and O–H groups in total. The Balaban J connectivity index is 2.58. The molecule has 5 nitrogen and oxygen atoms in total. The Labute approximate surface area is 116 Å². The topological polar surface area (TPSA) is 79.3 Å².